The standard InChI is InChI=1S/C8H12BrN3/c1-5(10)8(11)6-3-2-4-7(9)12-6/h2-5,8H,10-11H2,1H3. The van der Waals surface area contributed by atoms with Crippen LogP contribution in [0.5, 0.6) is 0 Å². The van der Waals surface area contributed by atoms with E-state index in [9.17, 15) is 0 Å². The molecule has 0 aromatic carbocycles. The topological polar surface area (TPSA) is 64.9 Å². The molecule has 1 aromatic rings. The SMILES string of the molecule is CC(N)C(N)c1cccc(Br)n1. The third-order valence-electron chi connectivity index (χ3n) is 1.64. The highest BCUT2D eigenvalue weighted by Gasteiger charge is 2.11. The molecule has 3 nitrogen and oxygen atoms in total. The van der Waals surface area contributed by atoms with Gasteiger partial charge in [0.05, 0.1) is 11.7 Å². The molecule has 0 aliphatic carbocycles. The van der Waals surface area contributed by atoms with Crippen molar-refractivity contribution >= 4 is 15.9 Å². The molecule has 1 heterocycles. The van der Waals surface area contributed by atoms with Crippen LogP contribution in [0.25, 0.3) is 0 Å². The molecule has 0 radical (unpaired) electrons. The predicted molar refractivity (Wildman–Crippen MR) is 52.5 cm³/mol. The molecule has 0 fully saturated rings. The van der Waals surface area contributed by atoms with E-state index in [1.165, 1.54) is 0 Å². The number of rotatable bonds is 2. The van der Waals surface area contributed by atoms with Crippen LogP contribution in [0.1, 0.15) is 18.7 Å². The van der Waals surface area contributed by atoms with Crippen molar-refractivity contribution in [1.82, 2.24) is 4.98 Å². The van der Waals surface area contributed by atoms with Gasteiger partial charge in [-0.15, -0.1) is 0 Å². The molecule has 0 saturated heterocycles. The summed E-state index contributed by atoms with van der Waals surface area (Å²) >= 11 is 3.27. The number of nitrogens with two attached hydrogens (primary N) is 2. The van der Waals surface area contributed by atoms with Gasteiger partial charge in [0.25, 0.3) is 0 Å². The Kier molecular flexibility index (Phi) is 3.20. The minimum Gasteiger partial charge on any atom is -0.326 e. The lowest BCUT2D eigenvalue weighted by Crippen LogP contribution is -2.31. The number of aromatic nitrogens is 1. The molecule has 1 aromatic heterocycles. The molecular formula is C8H12BrN3. The van der Waals surface area contributed by atoms with Crippen LogP contribution in [0.3, 0.4) is 0 Å². The van der Waals surface area contributed by atoms with Gasteiger partial charge in [0.1, 0.15) is 4.60 Å². The van der Waals surface area contributed by atoms with E-state index >= 15 is 0 Å². The van der Waals surface area contributed by atoms with Gasteiger partial charge in [0.15, 0.2) is 0 Å². The van der Waals surface area contributed by atoms with Crippen LogP contribution in [-0.4, -0.2) is 11.0 Å². The first-order valence-corrected chi connectivity index (χ1v) is 4.54. The zero-order chi connectivity index (χ0) is 9.14. The maximum Gasteiger partial charge on any atom is 0.106 e. The van der Waals surface area contributed by atoms with Gasteiger partial charge in [0.2, 0.25) is 0 Å². The molecule has 0 spiro atoms. The Morgan fingerprint density at radius 1 is 1.42 bits per heavy atom. The van der Waals surface area contributed by atoms with Gasteiger partial charge in [0, 0.05) is 6.04 Å². The van der Waals surface area contributed by atoms with Crippen molar-refractivity contribution in [3.63, 3.8) is 0 Å². The van der Waals surface area contributed by atoms with Crippen LogP contribution in [0.15, 0.2) is 22.8 Å². The Bertz CT molecular complexity index is 262. The van der Waals surface area contributed by atoms with Gasteiger partial charge in [-0.1, -0.05) is 6.07 Å². The third kappa shape index (κ3) is 2.27. The summed E-state index contributed by atoms with van der Waals surface area (Å²) in [5, 5.41) is 0. The number of halogens is 1. The summed E-state index contributed by atoms with van der Waals surface area (Å²) in [4.78, 5) is 4.21. The van der Waals surface area contributed by atoms with Gasteiger partial charge in [-0.3, -0.25) is 0 Å². The molecule has 4 N–H and O–H groups in total. The molecule has 0 aliphatic rings. The van der Waals surface area contributed by atoms with E-state index in [2.05, 4.69) is 20.9 Å². The average Bonchev–Trinajstić information content (AvgIpc) is 2.03. The summed E-state index contributed by atoms with van der Waals surface area (Å²) in [6, 6.07) is 5.36. The minimum atomic E-state index is -0.192. The van der Waals surface area contributed by atoms with Crippen molar-refractivity contribution in [2.75, 3.05) is 0 Å². The fourth-order valence-corrected chi connectivity index (χ4v) is 1.24. The Morgan fingerprint density at radius 2 is 2.08 bits per heavy atom. The monoisotopic (exact) mass is 229 g/mol. The Hall–Kier alpha value is -0.450. The Labute approximate surface area is 80.3 Å². The van der Waals surface area contributed by atoms with Crippen molar-refractivity contribution in [2.24, 2.45) is 11.5 Å². The number of nitrogens with zero attached hydrogens (tertiary/aromatic N) is 1. The quantitative estimate of drug-likeness (QED) is 0.750. The largest absolute Gasteiger partial charge is 0.326 e. The molecule has 12 heavy (non-hydrogen) atoms. The fourth-order valence-electron chi connectivity index (χ4n) is 0.879. The predicted octanol–water partition coefficient (Wildman–Crippen LogP) is 1.19. The maximum atomic E-state index is 5.80. The first-order valence-electron chi connectivity index (χ1n) is 3.75. The Morgan fingerprint density at radius 3 is 2.58 bits per heavy atom. The van der Waals surface area contributed by atoms with Crippen LogP contribution >= 0.6 is 15.9 Å². The molecule has 66 valence electrons. The van der Waals surface area contributed by atoms with Crippen LogP contribution in [0, 0.1) is 0 Å². The van der Waals surface area contributed by atoms with E-state index in [0.29, 0.717) is 0 Å². The first-order chi connectivity index (χ1) is 5.61. The second-order valence-electron chi connectivity index (χ2n) is 2.77. The lowest BCUT2D eigenvalue weighted by molar-refractivity contribution is 0.574. The lowest BCUT2D eigenvalue weighted by Gasteiger charge is -2.14. The summed E-state index contributed by atoms with van der Waals surface area (Å²) in [7, 11) is 0. The van der Waals surface area contributed by atoms with Gasteiger partial charge in [-0.05, 0) is 35.0 Å². The highest BCUT2D eigenvalue weighted by molar-refractivity contribution is 9.10. The van der Waals surface area contributed by atoms with Crippen molar-refractivity contribution in [1.29, 1.82) is 0 Å². The van der Waals surface area contributed by atoms with Crippen molar-refractivity contribution in [3.05, 3.63) is 28.5 Å². The summed E-state index contributed by atoms with van der Waals surface area (Å²) in [5.41, 5.74) is 12.3. The van der Waals surface area contributed by atoms with E-state index in [-0.39, 0.29) is 12.1 Å². The minimum absolute atomic E-state index is 0.0770. The molecule has 2 unspecified atom stereocenters. The van der Waals surface area contributed by atoms with E-state index in [4.69, 9.17) is 11.5 Å². The van der Waals surface area contributed by atoms with Gasteiger partial charge >= 0.3 is 0 Å². The highest BCUT2D eigenvalue weighted by Crippen LogP contribution is 2.13. The van der Waals surface area contributed by atoms with E-state index in [0.717, 1.165) is 10.3 Å². The highest BCUT2D eigenvalue weighted by atomic mass is 79.9. The molecule has 0 saturated carbocycles. The smallest absolute Gasteiger partial charge is 0.106 e. The van der Waals surface area contributed by atoms with Crippen molar-refractivity contribution < 1.29 is 0 Å². The zero-order valence-corrected chi connectivity index (χ0v) is 8.45. The molecule has 0 bridgehead atoms. The number of hydrogen-bond acceptors (Lipinski definition) is 3. The zero-order valence-electron chi connectivity index (χ0n) is 6.87. The van der Waals surface area contributed by atoms with Crippen molar-refractivity contribution in [3.8, 4) is 0 Å². The molecule has 2 atom stereocenters. The van der Waals surface area contributed by atoms with Gasteiger partial charge in [-0.2, -0.15) is 0 Å². The van der Waals surface area contributed by atoms with Crippen LogP contribution in [0.2, 0.25) is 0 Å². The lowest BCUT2D eigenvalue weighted by atomic mass is 10.1. The van der Waals surface area contributed by atoms with Crippen LogP contribution in [0.4, 0.5) is 0 Å². The molecule has 0 aliphatic heterocycles. The second kappa shape index (κ2) is 3.98. The summed E-state index contributed by atoms with van der Waals surface area (Å²) in [6.45, 7) is 1.87. The third-order valence-corrected chi connectivity index (χ3v) is 2.09. The first kappa shape index (κ1) is 9.64. The summed E-state index contributed by atoms with van der Waals surface area (Å²) in [5.74, 6) is 0. The summed E-state index contributed by atoms with van der Waals surface area (Å²) < 4.78 is 0.788. The molecule has 4 heteroatoms. The molecular weight excluding hydrogens is 218 g/mol. The molecule has 0 amide bonds. The normalized spacial score (nSPS) is 15.7. The van der Waals surface area contributed by atoms with E-state index in [1.807, 2.05) is 25.1 Å². The van der Waals surface area contributed by atoms with Crippen LogP contribution < -0.4 is 11.5 Å². The second-order valence-corrected chi connectivity index (χ2v) is 3.58. The average molecular weight is 230 g/mol. The van der Waals surface area contributed by atoms with Crippen molar-refractivity contribution in [2.45, 2.75) is 19.0 Å². The maximum absolute atomic E-state index is 5.80. The number of pyridine rings is 1. The summed E-state index contributed by atoms with van der Waals surface area (Å²) in [6.07, 6.45) is 0. The fraction of sp³-hybridized carbons (Fsp3) is 0.375. The van der Waals surface area contributed by atoms with Gasteiger partial charge in [-0.25, -0.2) is 4.98 Å². The Balaban J connectivity index is 2.88. The number of hydrogen-bond donors (Lipinski definition) is 2. The van der Waals surface area contributed by atoms with Crippen LogP contribution in [-0.2, 0) is 0 Å². The molecule has 1 rings (SSSR count). The van der Waals surface area contributed by atoms with Gasteiger partial charge < -0.3 is 11.5 Å². The van der Waals surface area contributed by atoms with E-state index in [1.54, 1.807) is 0 Å². The van der Waals surface area contributed by atoms with E-state index < -0.39 is 0 Å².